The lowest BCUT2D eigenvalue weighted by Gasteiger charge is -2.26. The predicted molar refractivity (Wildman–Crippen MR) is 56.0 cm³/mol. The summed E-state index contributed by atoms with van der Waals surface area (Å²) in [5.41, 5.74) is 0. The van der Waals surface area contributed by atoms with Crippen LogP contribution < -0.4 is 5.32 Å². The fraction of sp³-hybridized carbons (Fsp3) is 0.800. The molecule has 1 rings (SSSR count). The zero-order chi connectivity index (χ0) is 10.2. The lowest BCUT2D eigenvalue weighted by atomic mass is 10.3. The van der Waals surface area contributed by atoms with Crippen molar-refractivity contribution in [3.05, 3.63) is 12.5 Å². The van der Waals surface area contributed by atoms with E-state index in [0.717, 1.165) is 45.8 Å². The van der Waals surface area contributed by atoms with E-state index in [-0.39, 0.29) is 0 Å². The molecule has 0 aromatic heterocycles. The number of methoxy groups -OCH3 is 1. The van der Waals surface area contributed by atoms with Crippen molar-refractivity contribution in [1.29, 1.82) is 0 Å². The monoisotopic (exact) mass is 200 g/mol. The van der Waals surface area contributed by atoms with Gasteiger partial charge in [-0.2, -0.15) is 0 Å². The van der Waals surface area contributed by atoms with Crippen molar-refractivity contribution in [3.8, 4) is 0 Å². The molecule has 0 amide bonds. The summed E-state index contributed by atoms with van der Waals surface area (Å²) in [6, 6.07) is 0. The minimum atomic E-state index is 0.645. The summed E-state index contributed by atoms with van der Waals surface area (Å²) in [5, 5.41) is 3.10. The molecule has 0 unspecified atom stereocenters. The number of ether oxygens (including phenoxy) is 2. The minimum Gasteiger partial charge on any atom is -0.483 e. The zero-order valence-corrected chi connectivity index (χ0v) is 8.92. The van der Waals surface area contributed by atoms with Gasteiger partial charge in [0, 0.05) is 19.6 Å². The molecule has 0 aromatic rings. The van der Waals surface area contributed by atoms with Gasteiger partial charge in [0.15, 0.2) is 5.88 Å². The summed E-state index contributed by atoms with van der Waals surface area (Å²) in [4.78, 5) is 2.42. The van der Waals surface area contributed by atoms with Crippen molar-refractivity contribution >= 4 is 0 Å². The Morgan fingerprint density at radius 3 is 2.86 bits per heavy atom. The van der Waals surface area contributed by atoms with E-state index >= 15 is 0 Å². The van der Waals surface area contributed by atoms with Gasteiger partial charge in [0.2, 0.25) is 0 Å². The maximum atomic E-state index is 5.27. The van der Waals surface area contributed by atoms with E-state index in [9.17, 15) is 0 Å². The van der Waals surface area contributed by atoms with Gasteiger partial charge in [0.1, 0.15) is 0 Å². The summed E-state index contributed by atoms with van der Waals surface area (Å²) in [6.07, 6.45) is 1.11. The van der Waals surface area contributed by atoms with Crippen LogP contribution in [0.15, 0.2) is 12.5 Å². The summed E-state index contributed by atoms with van der Waals surface area (Å²) in [7, 11) is 1.62. The molecule has 0 atom stereocenters. The molecule has 1 N–H and O–H groups in total. The van der Waals surface area contributed by atoms with Crippen LogP contribution in [0, 0.1) is 0 Å². The van der Waals surface area contributed by atoms with Gasteiger partial charge in [-0.3, -0.25) is 4.90 Å². The zero-order valence-electron chi connectivity index (χ0n) is 8.92. The van der Waals surface area contributed by atoms with E-state index in [2.05, 4.69) is 16.8 Å². The van der Waals surface area contributed by atoms with E-state index in [1.54, 1.807) is 7.11 Å². The molecule has 4 heteroatoms. The van der Waals surface area contributed by atoms with Gasteiger partial charge in [-0.05, 0) is 19.5 Å². The van der Waals surface area contributed by atoms with Crippen molar-refractivity contribution in [2.24, 2.45) is 0 Å². The fourth-order valence-corrected chi connectivity index (χ4v) is 1.43. The first-order valence-corrected chi connectivity index (χ1v) is 5.10. The second-order valence-electron chi connectivity index (χ2n) is 3.36. The molecule has 0 radical (unpaired) electrons. The Morgan fingerprint density at radius 1 is 1.50 bits per heavy atom. The average Bonchev–Trinajstić information content (AvgIpc) is 2.25. The molecule has 1 aliphatic rings. The predicted octanol–water partition coefficient (Wildman–Crippen LogP) is 0.416. The van der Waals surface area contributed by atoms with Crippen molar-refractivity contribution in [2.75, 3.05) is 46.5 Å². The van der Waals surface area contributed by atoms with Crippen LogP contribution in [0.25, 0.3) is 0 Å². The number of nitrogens with zero attached hydrogens (tertiary/aromatic N) is 1. The van der Waals surface area contributed by atoms with Crippen molar-refractivity contribution in [2.45, 2.75) is 6.42 Å². The van der Waals surface area contributed by atoms with Crippen LogP contribution in [-0.2, 0) is 9.47 Å². The Labute approximate surface area is 85.9 Å². The minimum absolute atomic E-state index is 0.645. The van der Waals surface area contributed by atoms with Crippen LogP contribution in [-0.4, -0.2) is 51.4 Å². The number of rotatable bonds is 6. The summed E-state index contributed by atoms with van der Waals surface area (Å²) in [5.74, 6) is 0.645. The second kappa shape index (κ2) is 6.68. The fourth-order valence-electron chi connectivity index (χ4n) is 1.43. The van der Waals surface area contributed by atoms with E-state index < -0.39 is 0 Å². The number of hydrogen-bond donors (Lipinski definition) is 1. The third-order valence-corrected chi connectivity index (χ3v) is 2.32. The highest BCUT2D eigenvalue weighted by atomic mass is 16.5. The smallest absolute Gasteiger partial charge is 0.178 e. The highest BCUT2D eigenvalue weighted by Crippen LogP contribution is 1.97. The average molecular weight is 200 g/mol. The molecule has 1 aliphatic heterocycles. The standard InChI is InChI=1S/C10H20N2O2/c1-10(13-2)11-4-3-5-12-6-8-14-9-7-12/h11H,1,3-9H2,2H3. The summed E-state index contributed by atoms with van der Waals surface area (Å²) >= 11 is 0. The molecule has 0 aromatic carbocycles. The molecular weight excluding hydrogens is 180 g/mol. The molecule has 0 bridgehead atoms. The van der Waals surface area contributed by atoms with E-state index in [4.69, 9.17) is 9.47 Å². The first-order chi connectivity index (χ1) is 6.83. The molecule has 0 spiro atoms. The van der Waals surface area contributed by atoms with Gasteiger partial charge >= 0.3 is 0 Å². The first kappa shape index (κ1) is 11.3. The SMILES string of the molecule is C=C(NCCCN1CCOCC1)OC. The Balaban J connectivity index is 1.94. The molecule has 4 nitrogen and oxygen atoms in total. The highest BCUT2D eigenvalue weighted by Gasteiger charge is 2.08. The van der Waals surface area contributed by atoms with Crippen molar-refractivity contribution in [3.63, 3.8) is 0 Å². The van der Waals surface area contributed by atoms with Crippen LogP contribution in [0.1, 0.15) is 6.42 Å². The molecule has 1 fully saturated rings. The van der Waals surface area contributed by atoms with E-state index in [1.165, 1.54) is 0 Å². The third-order valence-electron chi connectivity index (χ3n) is 2.32. The Bertz CT molecular complexity index is 168. The normalized spacial score (nSPS) is 17.8. The maximum Gasteiger partial charge on any atom is 0.178 e. The quantitative estimate of drug-likeness (QED) is 0.497. The molecule has 0 aliphatic carbocycles. The number of hydrogen-bond acceptors (Lipinski definition) is 4. The van der Waals surface area contributed by atoms with Crippen LogP contribution in [0.2, 0.25) is 0 Å². The Kier molecular flexibility index (Phi) is 5.40. The van der Waals surface area contributed by atoms with Gasteiger partial charge in [-0.25, -0.2) is 0 Å². The topological polar surface area (TPSA) is 33.7 Å². The van der Waals surface area contributed by atoms with Gasteiger partial charge in [-0.1, -0.05) is 0 Å². The molecule has 0 saturated carbocycles. The van der Waals surface area contributed by atoms with E-state index in [0.29, 0.717) is 5.88 Å². The van der Waals surface area contributed by atoms with Crippen molar-refractivity contribution in [1.82, 2.24) is 10.2 Å². The maximum absolute atomic E-state index is 5.27. The largest absolute Gasteiger partial charge is 0.483 e. The Hall–Kier alpha value is -0.740. The van der Waals surface area contributed by atoms with E-state index in [1.807, 2.05) is 0 Å². The van der Waals surface area contributed by atoms with Crippen molar-refractivity contribution < 1.29 is 9.47 Å². The van der Waals surface area contributed by atoms with Gasteiger partial charge < -0.3 is 14.8 Å². The lowest BCUT2D eigenvalue weighted by Crippen LogP contribution is -2.37. The summed E-state index contributed by atoms with van der Waals surface area (Å²) in [6.45, 7) is 9.60. The molecular formula is C10H20N2O2. The number of nitrogens with one attached hydrogen (secondary N) is 1. The molecule has 1 heterocycles. The van der Waals surface area contributed by atoms with Gasteiger partial charge in [-0.15, -0.1) is 0 Å². The van der Waals surface area contributed by atoms with Crippen LogP contribution in [0.5, 0.6) is 0 Å². The molecule has 14 heavy (non-hydrogen) atoms. The molecule has 1 saturated heterocycles. The second-order valence-corrected chi connectivity index (χ2v) is 3.36. The van der Waals surface area contributed by atoms with Gasteiger partial charge in [0.05, 0.1) is 20.3 Å². The van der Waals surface area contributed by atoms with Gasteiger partial charge in [0.25, 0.3) is 0 Å². The lowest BCUT2D eigenvalue weighted by molar-refractivity contribution is 0.0374. The summed E-state index contributed by atoms with van der Waals surface area (Å²) < 4.78 is 10.2. The number of morpholine rings is 1. The Morgan fingerprint density at radius 2 is 2.21 bits per heavy atom. The van der Waals surface area contributed by atoms with Crippen LogP contribution in [0.4, 0.5) is 0 Å². The van der Waals surface area contributed by atoms with Crippen LogP contribution >= 0.6 is 0 Å². The first-order valence-electron chi connectivity index (χ1n) is 5.10. The third kappa shape index (κ3) is 4.48. The highest BCUT2D eigenvalue weighted by molar-refractivity contribution is 4.77. The van der Waals surface area contributed by atoms with Crippen LogP contribution in [0.3, 0.4) is 0 Å². The molecule has 82 valence electrons.